The number of hydrogen-bond donors (Lipinski definition) is 0. The van der Waals surface area contributed by atoms with Crippen molar-refractivity contribution >= 4 is 5.84 Å². The Morgan fingerprint density at radius 1 is 1.00 bits per heavy atom. The first kappa shape index (κ1) is 13.5. The molecule has 0 bridgehead atoms. The molecule has 0 saturated carbocycles. The van der Waals surface area contributed by atoms with Gasteiger partial charge in [0, 0.05) is 20.6 Å². The third-order valence-electron chi connectivity index (χ3n) is 2.50. The molecule has 2 heteroatoms. The molecule has 84 valence electrons. The topological polar surface area (TPSA) is 15.6 Å². The number of rotatable bonds is 7. The van der Waals surface area contributed by atoms with Crippen molar-refractivity contribution in [2.45, 2.75) is 52.4 Å². The van der Waals surface area contributed by atoms with Gasteiger partial charge in [-0.15, -0.1) is 0 Å². The van der Waals surface area contributed by atoms with Crippen molar-refractivity contribution in [3.05, 3.63) is 0 Å². The summed E-state index contributed by atoms with van der Waals surface area (Å²) in [5, 5.41) is 0. The van der Waals surface area contributed by atoms with Crippen LogP contribution in [0, 0.1) is 0 Å². The second-order valence-electron chi connectivity index (χ2n) is 4.09. The minimum atomic E-state index is 0.996. The molecule has 0 aromatic heterocycles. The third kappa shape index (κ3) is 8.09. The fraction of sp³-hybridized carbons (Fsp3) is 0.917. The molecular formula is C12H26N2. The van der Waals surface area contributed by atoms with Crippen LogP contribution in [0.1, 0.15) is 52.4 Å². The van der Waals surface area contributed by atoms with E-state index < -0.39 is 0 Å². The van der Waals surface area contributed by atoms with Crippen LogP contribution in [0.15, 0.2) is 4.99 Å². The Labute approximate surface area is 89.4 Å². The monoisotopic (exact) mass is 198 g/mol. The van der Waals surface area contributed by atoms with Gasteiger partial charge in [-0.3, -0.25) is 4.99 Å². The average molecular weight is 198 g/mol. The molecule has 0 aromatic carbocycles. The maximum Gasteiger partial charge on any atom is 0.0952 e. The summed E-state index contributed by atoms with van der Waals surface area (Å²) in [6.45, 7) is 5.32. The van der Waals surface area contributed by atoms with Gasteiger partial charge in [-0.2, -0.15) is 0 Å². The molecule has 0 unspecified atom stereocenters. The summed E-state index contributed by atoms with van der Waals surface area (Å²) in [6.07, 6.45) is 8.08. The van der Waals surface area contributed by atoms with Gasteiger partial charge in [0.1, 0.15) is 0 Å². The van der Waals surface area contributed by atoms with E-state index in [4.69, 9.17) is 0 Å². The van der Waals surface area contributed by atoms with Crippen LogP contribution >= 0.6 is 0 Å². The van der Waals surface area contributed by atoms with Gasteiger partial charge in [0.05, 0.1) is 5.84 Å². The Kier molecular flexibility index (Phi) is 8.70. The Hall–Kier alpha value is -0.530. The normalized spacial score (nSPS) is 11.9. The van der Waals surface area contributed by atoms with Crippen molar-refractivity contribution < 1.29 is 0 Å². The zero-order valence-electron chi connectivity index (χ0n) is 10.3. The molecular weight excluding hydrogens is 172 g/mol. The predicted octanol–water partition coefficient (Wildman–Crippen LogP) is 3.33. The summed E-state index contributed by atoms with van der Waals surface area (Å²) in [5.41, 5.74) is 0. The number of unbranched alkanes of at least 4 members (excludes halogenated alkanes) is 5. The van der Waals surface area contributed by atoms with Crippen LogP contribution in [0.5, 0.6) is 0 Å². The van der Waals surface area contributed by atoms with Crippen LogP contribution < -0.4 is 0 Å². The van der Waals surface area contributed by atoms with E-state index in [1.807, 2.05) is 14.1 Å². The fourth-order valence-corrected chi connectivity index (χ4v) is 1.27. The van der Waals surface area contributed by atoms with E-state index in [0.29, 0.717) is 0 Å². The van der Waals surface area contributed by atoms with Gasteiger partial charge in [0.15, 0.2) is 0 Å². The summed E-state index contributed by atoms with van der Waals surface area (Å²) >= 11 is 0. The smallest absolute Gasteiger partial charge is 0.0952 e. The highest BCUT2D eigenvalue weighted by molar-refractivity contribution is 5.79. The zero-order chi connectivity index (χ0) is 10.8. The molecule has 2 nitrogen and oxygen atoms in total. The molecule has 0 spiro atoms. The van der Waals surface area contributed by atoms with E-state index >= 15 is 0 Å². The van der Waals surface area contributed by atoms with E-state index in [1.165, 1.54) is 38.5 Å². The lowest BCUT2D eigenvalue weighted by Gasteiger charge is -2.10. The third-order valence-corrected chi connectivity index (χ3v) is 2.50. The van der Waals surface area contributed by atoms with E-state index in [9.17, 15) is 0 Å². The lowest BCUT2D eigenvalue weighted by molar-refractivity contribution is 0.595. The van der Waals surface area contributed by atoms with Crippen LogP contribution in [0.2, 0.25) is 0 Å². The molecule has 0 N–H and O–H groups in total. The van der Waals surface area contributed by atoms with Crippen molar-refractivity contribution in [3.63, 3.8) is 0 Å². The lowest BCUT2D eigenvalue weighted by Crippen LogP contribution is -2.18. The molecule has 0 aromatic rings. The first-order chi connectivity index (χ1) is 6.68. The van der Waals surface area contributed by atoms with Gasteiger partial charge in [-0.1, -0.05) is 39.0 Å². The van der Waals surface area contributed by atoms with Crippen molar-refractivity contribution in [1.29, 1.82) is 0 Å². The van der Waals surface area contributed by atoms with E-state index in [-0.39, 0.29) is 0 Å². The van der Waals surface area contributed by atoms with E-state index in [1.54, 1.807) is 0 Å². The van der Waals surface area contributed by atoms with E-state index in [0.717, 1.165) is 12.4 Å². The van der Waals surface area contributed by atoms with Crippen LogP contribution in [-0.2, 0) is 0 Å². The van der Waals surface area contributed by atoms with Crippen LogP contribution in [0.3, 0.4) is 0 Å². The van der Waals surface area contributed by atoms with Crippen LogP contribution in [0.25, 0.3) is 0 Å². The maximum atomic E-state index is 4.48. The first-order valence-corrected chi connectivity index (χ1v) is 5.86. The van der Waals surface area contributed by atoms with Crippen LogP contribution in [-0.4, -0.2) is 31.4 Å². The van der Waals surface area contributed by atoms with Gasteiger partial charge in [-0.25, -0.2) is 0 Å². The van der Waals surface area contributed by atoms with Gasteiger partial charge in [0.25, 0.3) is 0 Å². The average Bonchev–Trinajstić information content (AvgIpc) is 2.16. The van der Waals surface area contributed by atoms with E-state index in [2.05, 4.69) is 23.7 Å². The quantitative estimate of drug-likeness (QED) is 0.348. The number of aliphatic imine (C=N–C) groups is 1. The molecule has 0 heterocycles. The number of nitrogens with zero attached hydrogens (tertiary/aromatic N) is 2. The van der Waals surface area contributed by atoms with Crippen molar-refractivity contribution in [1.82, 2.24) is 4.90 Å². The fourth-order valence-electron chi connectivity index (χ4n) is 1.27. The molecule has 0 atom stereocenters. The molecule has 0 amide bonds. The van der Waals surface area contributed by atoms with Crippen molar-refractivity contribution in [2.75, 3.05) is 20.6 Å². The molecule has 0 aliphatic heterocycles. The summed E-state index contributed by atoms with van der Waals surface area (Å²) in [4.78, 5) is 6.55. The maximum absolute atomic E-state index is 4.48. The van der Waals surface area contributed by atoms with Crippen LogP contribution in [0.4, 0.5) is 0 Å². The Bertz CT molecular complexity index is 150. The number of hydrogen-bond acceptors (Lipinski definition) is 1. The highest BCUT2D eigenvalue weighted by Crippen LogP contribution is 2.04. The molecule has 14 heavy (non-hydrogen) atoms. The first-order valence-electron chi connectivity index (χ1n) is 5.86. The predicted molar refractivity (Wildman–Crippen MR) is 65.0 cm³/mol. The van der Waals surface area contributed by atoms with Gasteiger partial charge >= 0.3 is 0 Å². The molecule has 0 rings (SSSR count). The summed E-state index contributed by atoms with van der Waals surface area (Å²) in [5.74, 6) is 1.14. The second-order valence-corrected chi connectivity index (χ2v) is 4.09. The highest BCUT2D eigenvalue weighted by Gasteiger charge is 1.92. The number of amidine groups is 1. The highest BCUT2D eigenvalue weighted by atomic mass is 15.1. The molecule has 0 fully saturated rings. The Morgan fingerprint density at radius 2 is 1.57 bits per heavy atom. The summed E-state index contributed by atoms with van der Waals surface area (Å²) < 4.78 is 0. The largest absolute Gasteiger partial charge is 0.367 e. The molecule has 0 saturated heterocycles. The minimum Gasteiger partial charge on any atom is -0.367 e. The zero-order valence-corrected chi connectivity index (χ0v) is 10.3. The Morgan fingerprint density at radius 3 is 2.14 bits per heavy atom. The van der Waals surface area contributed by atoms with Crippen molar-refractivity contribution in [3.8, 4) is 0 Å². The standard InChI is InChI=1S/C12H26N2/c1-5-6-7-8-9-10-11-13-12(2)14(3)4/h5-11H2,1-4H3. The summed E-state index contributed by atoms with van der Waals surface area (Å²) in [7, 11) is 4.08. The molecule has 0 aliphatic carbocycles. The Balaban J connectivity index is 3.24. The summed E-state index contributed by atoms with van der Waals surface area (Å²) in [6, 6.07) is 0. The SMILES string of the molecule is CCCCCCCCN=C(C)N(C)C. The van der Waals surface area contributed by atoms with Gasteiger partial charge in [-0.05, 0) is 13.3 Å². The van der Waals surface area contributed by atoms with Gasteiger partial charge < -0.3 is 4.90 Å². The molecule has 0 aliphatic rings. The second kappa shape index (κ2) is 9.04. The van der Waals surface area contributed by atoms with Gasteiger partial charge in [0.2, 0.25) is 0 Å². The lowest BCUT2D eigenvalue weighted by atomic mass is 10.1. The van der Waals surface area contributed by atoms with Crippen molar-refractivity contribution in [2.24, 2.45) is 4.99 Å². The minimum absolute atomic E-state index is 0.996. The molecule has 0 radical (unpaired) electrons.